The molecule has 2 heteroatoms. The number of hydrogen-bond acceptors (Lipinski definition) is 1. The monoisotopic (exact) mass is 128 g/mol. The van der Waals surface area contributed by atoms with E-state index in [9.17, 15) is 0 Å². The van der Waals surface area contributed by atoms with Gasteiger partial charge in [0.15, 0.2) is 0 Å². The fraction of sp³-hybridized carbons (Fsp3) is 0.857. The zero-order valence-corrected chi connectivity index (χ0v) is 6.76. The van der Waals surface area contributed by atoms with Crippen molar-refractivity contribution in [3.63, 3.8) is 0 Å². The van der Waals surface area contributed by atoms with E-state index in [1.165, 1.54) is 0 Å². The first-order valence-corrected chi connectivity index (χ1v) is 3.40. The summed E-state index contributed by atoms with van der Waals surface area (Å²) in [7, 11) is 1.80. The van der Waals surface area contributed by atoms with Gasteiger partial charge in [-0.05, 0) is 20.8 Å². The molecule has 54 valence electrons. The maximum atomic E-state index is 3.93. The van der Waals surface area contributed by atoms with Gasteiger partial charge in [0.1, 0.15) is 0 Å². The predicted molar refractivity (Wildman–Crippen MR) is 41.9 cm³/mol. The Kier molecular flexibility index (Phi) is 4.10. The van der Waals surface area contributed by atoms with Crippen LogP contribution < -0.4 is 0 Å². The van der Waals surface area contributed by atoms with Crippen molar-refractivity contribution in [3.05, 3.63) is 0 Å². The second kappa shape index (κ2) is 4.36. The van der Waals surface area contributed by atoms with Crippen LogP contribution in [-0.4, -0.2) is 30.9 Å². The molecule has 9 heavy (non-hydrogen) atoms. The van der Waals surface area contributed by atoms with Crippen LogP contribution in [0.3, 0.4) is 0 Å². The van der Waals surface area contributed by atoms with E-state index < -0.39 is 0 Å². The summed E-state index contributed by atoms with van der Waals surface area (Å²) < 4.78 is 0. The molecule has 0 aliphatic rings. The molecule has 0 amide bonds. The first kappa shape index (κ1) is 8.47. The SMILES string of the molecule is CCN(/C=N\C)C(C)C. The first-order valence-electron chi connectivity index (χ1n) is 3.40. The van der Waals surface area contributed by atoms with Gasteiger partial charge in [-0.3, -0.25) is 4.99 Å². The Bertz CT molecular complexity index is 86.9. The normalized spacial score (nSPS) is 11.2. The number of aliphatic imine (C=N–C) groups is 1. The molecule has 0 N–H and O–H groups in total. The molecule has 0 bridgehead atoms. The minimum atomic E-state index is 0.568. The molecule has 0 radical (unpaired) electrons. The molecule has 0 fully saturated rings. The average molecular weight is 128 g/mol. The Morgan fingerprint density at radius 3 is 2.22 bits per heavy atom. The summed E-state index contributed by atoms with van der Waals surface area (Å²) >= 11 is 0. The van der Waals surface area contributed by atoms with Crippen LogP contribution in [0.15, 0.2) is 4.99 Å². The van der Waals surface area contributed by atoms with Gasteiger partial charge in [-0.1, -0.05) is 0 Å². The lowest BCUT2D eigenvalue weighted by atomic mass is 10.3. The Hall–Kier alpha value is -0.530. The van der Waals surface area contributed by atoms with Gasteiger partial charge in [-0.25, -0.2) is 0 Å². The predicted octanol–water partition coefficient (Wildman–Crippen LogP) is 1.37. The first-order chi connectivity index (χ1) is 4.22. The maximum Gasteiger partial charge on any atom is 0.0848 e. The highest BCUT2D eigenvalue weighted by atomic mass is 15.2. The minimum Gasteiger partial charge on any atom is -0.361 e. The van der Waals surface area contributed by atoms with Crippen LogP contribution in [0, 0.1) is 0 Å². The maximum absolute atomic E-state index is 3.93. The summed E-state index contributed by atoms with van der Waals surface area (Å²) in [6.45, 7) is 7.48. The summed E-state index contributed by atoms with van der Waals surface area (Å²) in [6.07, 6.45) is 1.88. The molecule has 0 aliphatic carbocycles. The van der Waals surface area contributed by atoms with E-state index in [2.05, 4.69) is 30.7 Å². The van der Waals surface area contributed by atoms with Crippen LogP contribution in [0.1, 0.15) is 20.8 Å². The quantitative estimate of drug-likeness (QED) is 0.414. The second-order valence-corrected chi connectivity index (χ2v) is 2.30. The Morgan fingerprint density at radius 2 is 2.11 bits per heavy atom. The number of hydrogen-bond donors (Lipinski definition) is 0. The molecular formula is C7H16N2. The fourth-order valence-electron chi connectivity index (χ4n) is 0.728. The number of rotatable bonds is 3. The van der Waals surface area contributed by atoms with E-state index in [0.29, 0.717) is 6.04 Å². The molecule has 0 atom stereocenters. The van der Waals surface area contributed by atoms with Crippen LogP contribution in [0.25, 0.3) is 0 Å². The zero-order chi connectivity index (χ0) is 7.28. The molecule has 0 spiro atoms. The highest BCUT2D eigenvalue weighted by molar-refractivity contribution is 5.54. The number of nitrogens with zero attached hydrogens (tertiary/aromatic N) is 2. The van der Waals surface area contributed by atoms with Gasteiger partial charge < -0.3 is 4.90 Å². The highest BCUT2D eigenvalue weighted by Crippen LogP contribution is 1.91. The Labute approximate surface area is 57.6 Å². The lowest BCUT2D eigenvalue weighted by Crippen LogP contribution is -2.28. The summed E-state index contributed by atoms with van der Waals surface area (Å²) in [4.78, 5) is 6.11. The van der Waals surface area contributed by atoms with Crippen molar-refractivity contribution in [1.82, 2.24) is 4.90 Å². The van der Waals surface area contributed by atoms with Gasteiger partial charge in [0.25, 0.3) is 0 Å². The van der Waals surface area contributed by atoms with Crippen molar-refractivity contribution >= 4 is 6.34 Å². The van der Waals surface area contributed by atoms with Crippen LogP contribution in [0.2, 0.25) is 0 Å². The topological polar surface area (TPSA) is 15.6 Å². The average Bonchev–Trinajstić information content (AvgIpc) is 1.82. The summed E-state index contributed by atoms with van der Waals surface area (Å²) in [6, 6.07) is 0.568. The van der Waals surface area contributed by atoms with Gasteiger partial charge in [0.2, 0.25) is 0 Å². The third-order valence-electron chi connectivity index (χ3n) is 1.29. The fourth-order valence-corrected chi connectivity index (χ4v) is 0.728. The molecule has 0 aromatic rings. The molecule has 2 nitrogen and oxygen atoms in total. The van der Waals surface area contributed by atoms with E-state index in [1.807, 2.05) is 6.34 Å². The van der Waals surface area contributed by atoms with Gasteiger partial charge in [-0.2, -0.15) is 0 Å². The molecular weight excluding hydrogens is 112 g/mol. The summed E-state index contributed by atoms with van der Waals surface area (Å²) in [5.74, 6) is 0. The van der Waals surface area contributed by atoms with Crippen LogP contribution in [-0.2, 0) is 0 Å². The van der Waals surface area contributed by atoms with E-state index in [4.69, 9.17) is 0 Å². The summed E-state index contributed by atoms with van der Waals surface area (Å²) in [5.41, 5.74) is 0. The van der Waals surface area contributed by atoms with Crippen molar-refractivity contribution in [2.24, 2.45) is 4.99 Å². The van der Waals surface area contributed by atoms with Crippen LogP contribution in [0.5, 0.6) is 0 Å². The lowest BCUT2D eigenvalue weighted by molar-refractivity contribution is 0.377. The lowest BCUT2D eigenvalue weighted by Gasteiger charge is -2.21. The molecule has 0 aliphatic heterocycles. The van der Waals surface area contributed by atoms with Gasteiger partial charge >= 0.3 is 0 Å². The summed E-state index contributed by atoms with van der Waals surface area (Å²) in [5, 5.41) is 0. The largest absolute Gasteiger partial charge is 0.361 e. The molecule has 0 heterocycles. The highest BCUT2D eigenvalue weighted by Gasteiger charge is 1.98. The standard InChI is InChI=1S/C7H16N2/c1-5-9(6-8-4)7(2)3/h6-7H,5H2,1-4H3/b8-6-. The van der Waals surface area contributed by atoms with E-state index in [1.54, 1.807) is 7.05 Å². The molecule has 0 unspecified atom stereocenters. The third-order valence-corrected chi connectivity index (χ3v) is 1.29. The van der Waals surface area contributed by atoms with Crippen LogP contribution in [0.4, 0.5) is 0 Å². The van der Waals surface area contributed by atoms with E-state index in [-0.39, 0.29) is 0 Å². The smallest absolute Gasteiger partial charge is 0.0848 e. The zero-order valence-electron chi connectivity index (χ0n) is 6.76. The van der Waals surface area contributed by atoms with E-state index >= 15 is 0 Å². The molecule has 0 saturated heterocycles. The third kappa shape index (κ3) is 3.12. The molecule has 0 aromatic heterocycles. The van der Waals surface area contributed by atoms with Gasteiger partial charge in [-0.15, -0.1) is 0 Å². The van der Waals surface area contributed by atoms with Gasteiger partial charge in [0.05, 0.1) is 6.34 Å². The van der Waals surface area contributed by atoms with Crippen LogP contribution >= 0.6 is 0 Å². The molecule has 0 aromatic carbocycles. The van der Waals surface area contributed by atoms with Crippen molar-refractivity contribution in [2.45, 2.75) is 26.8 Å². The Balaban J connectivity index is 3.68. The Morgan fingerprint density at radius 1 is 1.56 bits per heavy atom. The van der Waals surface area contributed by atoms with Gasteiger partial charge in [0, 0.05) is 19.6 Å². The van der Waals surface area contributed by atoms with E-state index in [0.717, 1.165) is 6.54 Å². The molecule has 0 rings (SSSR count). The van der Waals surface area contributed by atoms with Crippen molar-refractivity contribution < 1.29 is 0 Å². The van der Waals surface area contributed by atoms with Crippen molar-refractivity contribution in [3.8, 4) is 0 Å². The minimum absolute atomic E-state index is 0.568. The molecule has 0 saturated carbocycles. The van der Waals surface area contributed by atoms with Crippen molar-refractivity contribution in [1.29, 1.82) is 0 Å². The van der Waals surface area contributed by atoms with Crippen molar-refractivity contribution in [2.75, 3.05) is 13.6 Å². The second-order valence-electron chi connectivity index (χ2n) is 2.30.